The molecule has 6 heteroatoms. The van der Waals surface area contributed by atoms with Gasteiger partial charge in [0.15, 0.2) is 0 Å². The molecule has 0 aromatic heterocycles. The maximum Gasteiger partial charge on any atom is 0.253 e. The quantitative estimate of drug-likeness (QED) is 0.812. The number of hydrogen-bond acceptors (Lipinski definition) is 3. The molecule has 1 heterocycles. The Morgan fingerprint density at radius 2 is 1.68 bits per heavy atom. The molecule has 2 aromatic rings. The Kier molecular flexibility index (Phi) is 7.06. The van der Waals surface area contributed by atoms with Crippen LogP contribution in [0.25, 0.3) is 0 Å². The number of carbonyl (C=O) groups excluding carboxylic acids is 2. The molecule has 1 fully saturated rings. The number of piperazine rings is 1. The summed E-state index contributed by atoms with van der Waals surface area (Å²) in [5.41, 5.74) is 2.26. The first kappa shape index (κ1) is 20.4. The molecule has 0 atom stereocenters. The van der Waals surface area contributed by atoms with Crippen molar-refractivity contribution in [3.05, 3.63) is 70.2 Å². The highest BCUT2D eigenvalue weighted by Gasteiger charge is 2.21. The Labute approximate surface area is 171 Å². The van der Waals surface area contributed by atoms with Crippen LogP contribution in [0.5, 0.6) is 0 Å². The zero-order valence-corrected chi connectivity index (χ0v) is 16.9. The van der Waals surface area contributed by atoms with Gasteiger partial charge in [-0.3, -0.25) is 9.59 Å². The van der Waals surface area contributed by atoms with Crippen LogP contribution in [-0.4, -0.2) is 60.9 Å². The fourth-order valence-corrected chi connectivity index (χ4v) is 3.54. The second-order valence-electron chi connectivity index (χ2n) is 6.94. The molecule has 148 valence electrons. The van der Waals surface area contributed by atoms with E-state index in [-0.39, 0.29) is 11.8 Å². The Morgan fingerprint density at radius 1 is 1.00 bits per heavy atom. The first-order valence-electron chi connectivity index (χ1n) is 9.71. The summed E-state index contributed by atoms with van der Waals surface area (Å²) in [7, 11) is 0. The Hall–Kier alpha value is -2.37. The summed E-state index contributed by atoms with van der Waals surface area (Å²) in [6, 6.07) is 14.5. The summed E-state index contributed by atoms with van der Waals surface area (Å²) in [6.45, 7) is 7.00. The molecule has 1 aliphatic rings. The first-order chi connectivity index (χ1) is 13.6. The molecule has 28 heavy (non-hydrogen) atoms. The normalized spacial score (nSPS) is 14.7. The molecular weight excluding hydrogens is 374 g/mol. The van der Waals surface area contributed by atoms with Crippen molar-refractivity contribution >= 4 is 23.4 Å². The summed E-state index contributed by atoms with van der Waals surface area (Å²) in [5.74, 6) is -0.110. The van der Waals surface area contributed by atoms with E-state index in [0.29, 0.717) is 29.1 Å². The van der Waals surface area contributed by atoms with E-state index in [9.17, 15) is 9.59 Å². The van der Waals surface area contributed by atoms with Crippen LogP contribution in [0, 0.1) is 0 Å². The average molecular weight is 400 g/mol. The number of carbonyl (C=O) groups is 2. The SMILES string of the molecule is CCN1CCN(C(=O)c2ccc(C(=O)NCCc3cccc(Cl)c3)cc2)CC1. The number of halogens is 1. The monoisotopic (exact) mass is 399 g/mol. The van der Waals surface area contributed by atoms with Crippen LogP contribution in [0.15, 0.2) is 48.5 Å². The highest BCUT2D eigenvalue weighted by molar-refractivity contribution is 6.30. The molecule has 0 unspecified atom stereocenters. The van der Waals surface area contributed by atoms with Gasteiger partial charge in [-0.05, 0) is 54.9 Å². The van der Waals surface area contributed by atoms with E-state index in [4.69, 9.17) is 11.6 Å². The lowest BCUT2D eigenvalue weighted by Crippen LogP contribution is -2.48. The third kappa shape index (κ3) is 5.33. The van der Waals surface area contributed by atoms with Gasteiger partial charge < -0.3 is 15.1 Å². The lowest BCUT2D eigenvalue weighted by Gasteiger charge is -2.34. The second-order valence-corrected chi connectivity index (χ2v) is 7.38. The standard InChI is InChI=1S/C22H26ClN3O2/c1-2-25-12-14-26(15-13-25)22(28)19-8-6-18(7-9-19)21(27)24-11-10-17-4-3-5-20(23)16-17/h3-9,16H,2,10-15H2,1H3,(H,24,27). The van der Waals surface area contributed by atoms with Crippen LogP contribution >= 0.6 is 11.6 Å². The predicted molar refractivity (Wildman–Crippen MR) is 112 cm³/mol. The number of likely N-dealkylation sites (N-methyl/N-ethyl adjacent to an activating group) is 1. The van der Waals surface area contributed by atoms with Gasteiger partial charge in [-0.2, -0.15) is 0 Å². The lowest BCUT2D eigenvalue weighted by atomic mass is 10.1. The van der Waals surface area contributed by atoms with Gasteiger partial charge in [0.1, 0.15) is 0 Å². The highest BCUT2D eigenvalue weighted by Crippen LogP contribution is 2.12. The Balaban J connectivity index is 1.50. The van der Waals surface area contributed by atoms with Crippen molar-refractivity contribution in [1.29, 1.82) is 0 Å². The van der Waals surface area contributed by atoms with Crippen LogP contribution in [-0.2, 0) is 6.42 Å². The van der Waals surface area contributed by atoms with Crippen molar-refractivity contribution in [2.24, 2.45) is 0 Å². The largest absolute Gasteiger partial charge is 0.352 e. The minimum atomic E-state index is -0.141. The minimum Gasteiger partial charge on any atom is -0.352 e. The zero-order chi connectivity index (χ0) is 19.9. The van der Waals surface area contributed by atoms with Crippen LogP contribution < -0.4 is 5.32 Å². The van der Waals surface area contributed by atoms with E-state index in [1.807, 2.05) is 29.2 Å². The molecular formula is C22H26ClN3O2. The summed E-state index contributed by atoms with van der Waals surface area (Å²) in [5, 5.41) is 3.60. The molecule has 2 amide bonds. The number of benzene rings is 2. The molecule has 0 radical (unpaired) electrons. The van der Waals surface area contributed by atoms with Crippen molar-refractivity contribution in [1.82, 2.24) is 15.1 Å². The van der Waals surface area contributed by atoms with E-state index < -0.39 is 0 Å². The van der Waals surface area contributed by atoms with Crippen molar-refractivity contribution in [3.8, 4) is 0 Å². The third-order valence-electron chi connectivity index (χ3n) is 5.09. The molecule has 1 saturated heterocycles. The molecule has 0 spiro atoms. The van der Waals surface area contributed by atoms with Crippen molar-refractivity contribution in [2.45, 2.75) is 13.3 Å². The van der Waals surface area contributed by atoms with Crippen LogP contribution in [0.2, 0.25) is 5.02 Å². The zero-order valence-electron chi connectivity index (χ0n) is 16.2. The van der Waals surface area contributed by atoms with Gasteiger partial charge in [-0.25, -0.2) is 0 Å². The predicted octanol–water partition coefficient (Wildman–Crippen LogP) is 3.09. The van der Waals surface area contributed by atoms with Gasteiger partial charge in [-0.15, -0.1) is 0 Å². The molecule has 2 aromatic carbocycles. The Morgan fingerprint density at radius 3 is 2.32 bits per heavy atom. The van der Waals surface area contributed by atoms with Crippen LogP contribution in [0.3, 0.4) is 0 Å². The van der Waals surface area contributed by atoms with Crippen molar-refractivity contribution in [3.63, 3.8) is 0 Å². The average Bonchev–Trinajstić information content (AvgIpc) is 2.73. The maximum absolute atomic E-state index is 12.6. The molecule has 0 saturated carbocycles. The van der Waals surface area contributed by atoms with E-state index in [0.717, 1.165) is 38.3 Å². The first-order valence-corrected chi connectivity index (χ1v) is 10.1. The van der Waals surface area contributed by atoms with Gasteiger partial charge in [0, 0.05) is 48.9 Å². The molecule has 3 rings (SSSR count). The molecule has 5 nitrogen and oxygen atoms in total. The minimum absolute atomic E-state index is 0.0312. The smallest absolute Gasteiger partial charge is 0.253 e. The van der Waals surface area contributed by atoms with Crippen molar-refractivity contribution in [2.75, 3.05) is 39.3 Å². The maximum atomic E-state index is 12.6. The number of nitrogens with one attached hydrogen (secondary N) is 1. The van der Waals surface area contributed by atoms with Crippen LogP contribution in [0.1, 0.15) is 33.2 Å². The van der Waals surface area contributed by atoms with Gasteiger partial charge in [0.25, 0.3) is 11.8 Å². The topological polar surface area (TPSA) is 52.7 Å². The number of amides is 2. The molecule has 1 aliphatic heterocycles. The van der Waals surface area contributed by atoms with E-state index in [1.54, 1.807) is 24.3 Å². The Bertz CT molecular complexity index is 815. The molecule has 1 N–H and O–H groups in total. The van der Waals surface area contributed by atoms with E-state index in [1.165, 1.54) is 0 Å². The lowest BCUT2D eigenvalue weighted by molar-refractivity contribution is 0.0643. The van der Waals surface area contributed by atoms with E-state index >= 15 is 0 Å². The fourth-order valence-electron chi connectivity index (χ4n) is 3.33. The number of rotatable bonds is 6. The molecule has 0 aliphatic carbocycles. The summed E-state index contributed by atoms with van der Waals surface area (Å²) >= 11 is 5.97. The summed E-state index contributed by atoms with van der Waals surface area (Å²) < 4.78 is 0. The van der Waals surface area contributed by atoms with Gasteiger partial charge >= 0.3 is 0 Å². The summed E-state index contributed by atoms with van der Waals surface area (Å²) in [6.07, 6.45) is 0.715. The highest BCUT2D eigenvalue weighted by atomic mass is 35.5. The van der Waals surface area contributed by atoms with Gasteiger partial charge in [0.05, 0.1) is 0 Å². The van der Waals surface area contributed by atoms with Gasteiger partial charge in [0.2, 0.25) is 0 Å². The number of nitrogens with zero attached hydrogens (tertiary/aromatic N) is 2. The van der Waals surface area contributed by atoms with Gasteiger partial charge in [-0.1, -0.05) is 30.7 Å². The van der Waals surface area contributed by atoms with E-state index in [2.05, 4.69) is 17.1 Å². The fraction of sp³-hybridized carbons (Fsp3) is 0.364. The second kappa shape index (κ2) is 9.71. The van der Waals surface area contributed by atoms with Crippen LogP contribution in [0.4, 0.5) is 0 Å². The third-order valence-corrected chi connectivity index (χ3v) is 5.32. The summed E-state index contributed by atoms with van der Waals surface area (Å²) in [4.78, 5) is 29.2. The number of hydrogen-bond donors (Lipinski definition) is 1. The molecule has 0 bridgehead atoms. The van der Waals surface area contributed by atoms with Crippen molar-refractivity contribution < 1.29 is 9.59 Å².